The predicted molar refractivity (Wildman–Crippen MR) is 119 cm³/mol. The molecule has 0 aromatic heterocycles. The Kier molecular flexibility index (Phi) is 6.87. The number of Topliss-reactive ketones (excluding diaryl/α,β-unsaturated/α-hetero) is 1. The van der Waals surface area contributed by atoms with Crippen LogP contribution in [0.25, 0.3) is 5.76 Å². The highest BCUT2D eigenvalue weighted by atomic mass is 35.5. The van der Waals surface area contributed by atoms with E-state index in [9.17, 15) is 14.7 Å². The molecule has 0 aliphatic carbocycles. The van der Waals surface area contributed by atoms with E-state index in [1.165, 1.54) is 19.1 Å². The molecule has 1 aliphatic heterocycles. The Morgan fingerprint density at radius 2 is 1.71 bits per heavy atom. The highest BCUT2D eigenvalue weighted by Gasteiger charge is 2.45. The van der Waals surface area contributed by atoms with Crippen molar-refractivity contribution in [1.29, 1.82) is 0 Å². The van der Waals surface area contributed by atoms with Gasteiger partial charge in [0, 0.05) is 23.7 Å². The van der Waals surface area contributed by atoms with Crippen LogP contribution in [0.1, 0.15) is 17.2 Å². The number of ketones is 1. The van der Waals surface area contributed by atoms with E-state index >= 15 is 0 Å². The van der Waals surface area contributed by atoms with Crippen molar-refractivity contribution in [2.45, 2.75) is 6.04 Å². The van der Waals surface area contributed by atoms with Crippen molar-refractivity contribution >= 4 is 29.1 Å². The zero-order valence-corrected chi connectivity index (χ0v) is 18.6. The summed E-state index contributed by atoms with van der Waals surface area (Å²) in [4.78, 5) is 29.3. The van der Waals surface area contributed by atoms with Gasteiger partial charge in [-0.15, -0.1) is 0 Å². The average Bonchev–Trinajstić information content (AvgIpc) is 3.01. The van der Waals surface area contributed by atoms with Gasteiger partial charge in [0.05, 0.1) is 25.8 Å². The fourth-order valence-electron chi connectivity index (χ4n) is 3.55. The van der Waals surface area contributed by atoms with Crippen molar-refractivity contribution in [1.82, 2.24) is 9.80 Å². The summed E-state index contributed by atoms with van der Waals surface area (Å²) in [7, 11) is 6.76. The third kappa shape index (κ3) is 4.52. The molecule has 164 valence electrons. The Hall–Kier alpha value is -3.03. The Balaban J connectivity index is 2.15. The summed E-state index contributed by atoms with van der Waals surface area (Å²) in [6, 6.07) is 11.0. The number of halogens is 1. The average molecular weight is 445 g/mol. The van der Waals surface area contributed by atoms with Crippen molar-refractivity contribution in [3.63, 3.8) is 0 Å². The number of aliphatic hydroxyl groups is 1. The van der Waals surface area contributed by atoms with Gasteiger partial charge in [0.15, 0.2) is 11.5 Å². The number of nitrogens with zero attached hydrogens (tertiary/aromatic N) is 2. The van der Waals surface area contributed by atoms with Crippen LogP contribution in [-0.4, -0.2) is 68.0 Å². The number of aliphatic hydroxyl groups excluding tert-OH is 1. The number of carbonyl (C=O) groups excluding carboxylic acids is 2. The zero-order chi connectivity index (χ0) is 22.7. The van der Waals surface area contributed by atoms with Crippen LogP contribution in [0.2, 0.25) is 5.02 Å². The predicted octanol–water partition coefficient (Wildman–Crippen LogP) is 3.34. The van der Waals surface area contributed by atoms with Crippen molar-refractivity contribution in [2.24, 2.45) is 0 Å². The molecule has 2 aromatic carbocycles. The van der Waals surface area contributed by atoms with Crippen LogP contribution in [0.15, 0.2) is 48.0 Å². The van der Waals surface area contributed by atoms with Gasteiger partial charge in [-0.25, -0.2) is 0 Å². The first-order valence-electron chi connectivity index (χ1n) is 9.69. The van der Waals surface area contributed by atoms with Crippen LogP contribution in [0.5, 0.6) is 11.5 Å². The first-order valence-corrected chi connectivity index (χ1v) is 10.1. The lowest BCUT2D eigenvalue weighted by Crippen LogP contribution is -2.35. The Morgan fingerprint density at radius 3 is 2.29 bits per heavy atom. The van der Waals surface area contributed by atoms with E-state index in [0.29, 0.717) is 40.7 Å². The van der Waals surface area contributed by atoms with Crippen LogP contribution in [0, 0.1) is 0 Å². The van der Waals surface area contributed by atoms with Crippen molar-refractivity contribution in [2.75, 3.05) is 41.4 Å². The standard InChI is InChI=1S/C23H25ClN2O5/c1-25(2)11-12-26-20(14-5-8-16(24)9-6-14)19(22(28)23(26)29)21(27)15-7-10-17(30-3)18(13-15)31-4/h5-10,13,20,27H,11-12H2,1-4H3/b21-19+. The molecule has 2 aromatic rings. The summed E-state index contributed by atoms with van der Waals surface area (Å²) in [5, 5.41) is 11.7. The number of hydrogen-bond acceptors (Lipinski definition) is 6. The van der Waals surface area contributed by atoms with Gasteiger partial charge in [0.25, 0.3) is 11.7 Å². The van der Waals surface area contributed by atoms with Crippen molar-refractivity contribution < 1.29 is 24.2 Å². The summed E-state index contributed by atoms with van der Waals surface area (Å²) in [6.07, 6.45) is 0. The number of likely N-dealkylation sites (N-methyl/N-ethyl adjacent to an activating group) is 1. The second-order valence-electron chi connectivity index (χ2n) is 7.42. The lowest BCUT2D eigenvalue weighted by atomic mass is 9.95. The minimum absolute atomic E-state index is 0.0262. The molecule has 1 N–H and O–H groups in total. The maximum atomic E-state index is 13.0. The molecule has 1 amide bonds. The van der Waals surface area contributed by atoms with Gasteiger partial charge < -0.3 is 24.4 Å². The number of rotatable bonds is 7. The van der Waals surface area contributed by atoms with Gasteiger partial charge >= 0.3 is 0 Å². The summed E-state index contributed by atoms with van der Waals surface area (Å²) in [6.45, 7) is 0.890. The van der Waals surface area contributed by atoms with Gasteiger partial charge in [-0.2, -0.15) is 0 Å². The molecule has 1 unspecified atom stereocenters. The first-order chi connectivity index (χ1) is 14.8. The minimum Gasteiger partial charge on any atom is -0.507 e. The van der Waals surface area contributed by atoms with Gasteiger partial charge in [-0.05, 0) is 50.0 Å². The summed E-state index contributed by atoms with van der Waals surface area (Å²) in [5.74, 6) is -0.766. The molecule has 0 spiro atoms. The second kappa shape index (κ2) is 9.41. The van der Waals surface area contributed by atoms with E-state index in [2.05, 4.69) is 0 Å². The molecular weight excluding hydrogens is 420 g/mol. The van der Waals surface area contributed by atoms with Gasteiger partial charge in [0.1, 0.15) is 5.76 Å². The Labute approximate surface area is 186 Å². The molecule has 1 fully saturated rings. The van der Waals surface area contributed by atoms with E-state index in [1.54, 1.807) is 42.5 Å². The monoisotopic (exact) mass is 444 g/mol. The SMILES string of the molecule is COc1ccc(/C(O)=C2\C(=O)C(=O)N(CCN(C)C)C2c2ccc(Cl)cc2)cc1OC. The number of carbonyl (C=O) groups is 2. The van der Waals surface area contributed by atoms with Gasteiger partial charge in [-0.3, -0.25) is 9.59 Å². The fraction of sp³-hybridized carbons (Fsp3) is 0.304. The minimum atomic E-state index is -0.731. The maximum absolute atomic E-state index is 13.0. The quantitative estimate of drug-likeness (QED) is 0.401. The fourth-order valence-corrected chi connectivity index (χ4v) is 3.68. The molecule has 0 bridgehead atoms. The van der Waals surface area contributed by atoms with Gasteiger partial charge in [-0.1, -0.05) is 23.7 Å². The molecule has 8 heteroatoms. The van der Waals surface area contributed by atoms with E-state index in [-0.39, 0.29) is 11.3 Å². The molecule has 1 aliphatic rings. The first kappa shape index (κ1) is 22.7. The number of likely N-dealkylation sites (tertiary alicyclic amines) is 1. The Bertz CT molecular complexity index is 1020. The largest absolute Gasteiger partial charge is 0.507 e. The Morgan fingerprint density at radius 1 is 1.06 bits per heavy atom. The molecule has 1 atom stereocenters. The summed E-state index contributed by atoms with van der Waals surface area (Å²) in [5.41, 5.74) is 1.06. The maximum Gasteiger partial charge on any atom is 0.295 e. The highest BCUT2D eigenvalue weighted by Crippen LogP contribution is 2.40. The lowest BCUT2D eigenvalue weighted by Gasteiger charge is -2.26. The number of ether oxygens (including phenoxy) is 2. The van der Waals surface area contributed by atoms with Crippen LogP contribution in [0.3, 0.4) is 0 Å². The second-order valence-corrected chi connectivity index (χ2v) is 7.85. The smallest absolute Gasteiger partial charge is 0.295 e. The number of hydrogen-bond donors (Lipinski definition) is 1. The van der Waals surface area contributed by atoms with E-state index in [0.717, 1.165) is 0 Å². The molecule has 31 heavy (non-hydrogen) atoms. The van der Waals surface area contributed by atoms with E-state index in [1.807, 2.05) is 19.0 Å². The topological polar surface area (TPSA) is 79.3 Å². The summed E-state index contributed by atoms with van der Waals surface area (Å²) < 4.78 is 10.5. The molecule has 3 rings (SSSR count). The van der Waals surface area contributed by atoms with Crippen molar-refractivity contribution in [3.8, 4) is 11.5 Å². The highest BCUT2D eigenvalue weighted by molar-refractivity contribution is 6.46. The lowest BCUT2D eigenvalue weighted by molar-refractivity contribution is -0.140. The molecule has 1 heterocycles. The third-order valence-electron chi connectivity index (χ3n) is 5.17. The van der Waals surface area contributed by atoms with Crippen LogP contribution < -0.4 is 9.47 Å². The molecule has 7 nitrogen and oxygen atoms in total. The number of methoxy groups -OCH3 is 2. The third-order valence-corrected chi connectivity index (χ3v) is 5.42. The van der Waals surface area contributed by atoms with Crippen LogP contribution in [0.4, 0.5) is 0 Å². The summed E-state index contributed by atoms with van der Waals surface area (Å²) >= 11 is 6.03. The number of amides is 1. The molecule has 0 saturated carbocycles. The molecular formula is C23H25ClN2O5. The molecule has 0 radical (unpaired) electrons. The van der Waals surface area contributed by atoms with Crippen LogP contribution in [-0.2, 0) is 9.59 Å². The van der Waals surface area contributed by atoms with E-state index in [4.69, 9.17) is 21.1 Å². The number of benzene rings is 2. The molecule has 1 saturated heterocycles. The van der Waals surface area contributed by atoms with Crippen molar-refractivity contribution in [3.05, 3.63) is 64.2 Å². The zero-order valence-electron chi connectivity index (χ0n) is 17.9. The van der Waals surface area contributed by atoms with E-state index < -0.39 is 17.7 Å². The normalized spacial score (nSPS) is 18.0. The van der Waals surface area contributed by atoms with Crippen LogP contribution >= 0.6 is 11.6 Å². The van der Waals surface area contributed by atoms with Gasteiger partial charge in [0.2, 0.25) is 0 Å².